The van der Waals surface area contributed by atoms with Crippen LogP contribution in [0.3, 0.4) is 0 Å². The third-order valence-corrected chi connectivity index (χ3v) is 7.69. The van der Waals surface area contributed by atoms with Crippen LogP contribution < -0.4 is 10.6 Å². The lowest BCUT2D eigenvalue weighted by molar-refractivity contribution is -0.139. The van der Waals surface area contributed by atoms with E-state index in [4.69, 9.17) is 0 Å². The molecule has 0 bridgehead atoms. The Balaban J connectivity index is 1.78. The Morgan fingerprint density at radius 2 is 1.83 bits per heavy atom. The predicted octanol–water partition coefficient (Wildman–Crippen LogP) is 6.05. The lowest BCUT2D eigenvalue weighted by atomic mass is 9.85. The molecule has 0 heterocycles. The topological polar surface area (TPSA) is 78.4 Å². The first-order chi connectivity index (χ1) is 16.9. The third-order valence-electron chi connectivity index (χ3n) is 7.04. The van der Waals surface area contributed by atoms with Gasteiger partial charge in [0, 0.05) is 18.2 Å². The Morgan fingerprint density at radius 1 is 1.09 bits per heavy atom. The van der Waals surface area contributed by atoms with E-state index in [1.54, 1.807) is 11.8 Å². The molecule has 5 nitrogen and oxygen atoms in total. The summed E-state index contributed by atoms with van der Waals surface area (Å²) in [6, 6.07) is 13.5. The Morgan fingerprint density at radius 3 is 2.51 bits per heavy atom. The molecule has 2 aromatic carbocycles. The van der Waals surface area contributed by atoms with Gasteiger partial charge in [-0.15, -0.1) is 0 Å². The van der Waals surface area contributed by atoms with E-state index in [9.17, 15) is 14.7 Å². The number of carboxylic acid groups (broad SMARTS) is 1. The number of amides is 1. The molecular formula is C29H40N2O3S. The molecular weight excluding hydrogens is 456 g/mol. The van der Waals surface area contributed by atoms with Gasteiger partial charge in [0.2, 0.25) is 0 Å². The number of hydrogen-bond acceptors (Lipinski definition) is 4. The Kier molecular flexibility index (Phi) is 10.7. The van der Waals surface area contributed by atoms with Crippen LogP contribution in [-0.2, 0) is 11.3 Å². The van der Waals surface area contributed by atoms with Gasteiger partial charge in [-0.3, -0.25) is 4.79 Å². The summed E-state index contributed by atoms with van der Waals surface area (Å²) < 4.78 is 0. The summed E-state index contributed by atoms with van der Waals surface area (Å²) in [6.45, 7) is 5.03. The number of aliphatic carboxylic acids is 1. The van der Waals surface area contributed by atoms with Gasteiger partial charge in [0.05, 0.1) is 0 Å². The van der Waals surface area contributed by atoms with Crippen LogP contribution in [0, 0.1) is 12.8 Å². The molecule has 2 atom stereocenters. The smallest absolute Gasteiger partial charge is 0.326 e. The summed E-state index contributed by atoms with van der Waals surface area (Å²) in [6.07, 6.45) is 10.3. The maximum Gasteiger partial charge on any atom is 0.326 e. The monoisotopic (exact) mass is 496 g/mol. The van der Waals surface area contributed by atoms with Crippen molar-refractivity contribution in [2.24, 2.45) is 5.92 Å². The van der Waals surface area contributed by atoms with Gasteiger partial charge in [-0.05, 0) is 79.0 Å². The molecule has 3 N–H and O–H groups in total. The summed E-state index contributed by atoms with van der Waals surface area (Å²) in [5, 5.41) is 16.0. The maximum atomic E-state index is 13.2. The van der Waals surface area contributed by atoms with Crippen molar-refractivity contribution in [3.63, 3.8) is 0 Å². The lowest BCUT2D eigenvalue weighted by Gasteiger charge is -2.25. The lowest BCUT2D eigenvalue weighted by Crippen LogP contribution is -2.41. The number of carboxylic acids is 1. The zero-order chi connectivity index (χ0) is 25.2. The fraction of sp³-hybridized carbons (Fsp3) is 0.517. The molecule has 0 saturated heterocycles. The van der Waals surface area contributed by atoms with Gasteiger partial charge in [0.1, 0.15) is 6.04 Å². The zero-order valence-electron chi connectivity index (χ0n) is 21.3. The van der Waals surface area contributed by atoms with Gasteiger partial charge in [-0.2, -0.15) is 11.8 Å². The van der Waals surface area contributed by atoms with Crippen LogP contribution in [-0.4, -0.2) is 41.1 Å². The summed E-state index contributed by atoms with van der Waals surface area (Å²) in [5.41, 5.74) is 4.54. The van der Waals surface area contributed by atoms with E-state index >= 15 is 0 Å². The number of nitrogens with one attached hydrogen (secondary N) is 2. The van der Waals surface area contributed by atoms with Crippen LogP contribution >= 0.6 is 11.8 Å². The van der Waals surface area contributed by atoms with Crippen molar-refractivity contribution in [3.05, 3.63) is 59.2 Å². The molecule has 0 aromatic heterocycles. The van der Waals surface area contributed by atoms with Crippen molar-refractivity contribution >= 4 is 23.6 Å². The highest BCUT2D eigenvalue weighted by atomic mass is 32.2. The van der Waals surface area contributed by atoms with Gasteiger partial charge >= 0.3 is 5.97 Å². The van der Waals surface area contributed by atoms with Crippen molar-refractivity contribution in [3.8, 4) is 11.1 Å². The molecule has 1 amide bonds. The third kappa shape index (κ3) is 8.11. The van der Waals surface area contributed by atoms with E-state index in [0.717, 1.165) is 34.7 Å². The van der Waals surface area contributed by atoms with Crippen molar-refractivity contribution in [2.45, 2.75) is 77.4 Å². The molecule has 1 fully saturated rings. The van der Waals surface area contributed by atoms with Gasteiger partial charge in [-0.1, -0.05) is 62.4 Å². The zero-order valence-corrected chi connectivity index (χ0v) is 22.1. The van der Waals surface area contributed by atoms with E-state index in [0.29, 0.717) is 23.8 Å². The fourth-order valence-corrected chi connectivity index (χ4v) is 5.50. The first kappa shape index (κ1) is 27.3. The van der Waals surface area contributed by atoms with Crippen molar-refractivity contribution in [1.29, 1.82) is 0 Å². The normalized spacial score (nSPS) is 16.0. The quantitative estimate of drug-likeness (QED) is 0.334. The van der Waals surface area contributed by atoms with E-state index in [1.165, 1.54) is 38.5 Å². The molecule has 0 spiro atoms. The van der Waals surface area contributed by atoms with Crippen molar-refractivity contribution in [1.82, 2.24) is 10.6 Å². The molecule has 0 aliphatic heterocycles. The molecule has 6 heteroatoms. The second-order valence-corrected chi connectivity index (χ2v) is 10.8. The van der Waals surface area contributed by atoms with Gasteiger partial charge in [0.15, 0.2) is 0 Å². The van der Waals surface area contributed by atoms with Crippen molar-refractivity contribution < 1.29 is 14.7 Å². The number of hydrogen-bond donors (Lipinski definition) is 3. The van der Waals surface area contributed by atoms with Crippen LogP contribution in [0.4, 0.5) is 0 Å². The molecule has 35 heavy (non-hydrogen) atoms. The molecule has 1 saturated carbocycles. The molecule has 1 aliphatic carbocycles. The summed E-state index contributed by atoms with van der Waals surface area (Å²) >= 11 is 1.57. The maximum absolute atomic E-state index is 13.2. The average molecular weight is 497 g/mol. The summed E-state index contributed by atoms with van der Waals surface area (Å²) in [5.74, 6) is 0.152. The fourth-order valence-electron chi connectivity index (χ4n) is 5.02. The highest BCUT2D eigenvalue weighted by molar-refractivity contribution is 7.98. The number of thioether (sulfide) groups is 1. The van der Waals surface area contributed by atoms with Gasteiger partial charge < -0.3 is 15.7 Å². The van der Waals surface area contributed by atoms with E-state index in [-0.39, 0.29) is 5.91 Å². The second-order valence-electron chi connectivity index (χ2n) is 9.86. The van der Waals surface area contributed by atoms with Crippen LogP contribution in [0.2, 0.25) is 0 Å². The van der Waals surface area contributed by atoms with E-state index < -0.39 is 12.0 Å². The van der Waals surface area contributed by atoms with E-state index in [1.807, 2.05) is 49.6 Å². The number of benzene rings is 2. The van der Waals surface area contributed by atoms with Gasteiger partial charge in [0.25, 0.3) is 5.91 Å². The minimum Gasteiger partial charge on any atom is -0.480 e. The van der Waals surface area contributed by atoms with Crippen LogP contribution in [0.5, 0.6) is 0 Å². The van der Waals surface area contributed by atoms with Gasteiger partial charge in [-0.25, -0.2) is 4.79 Å². The van der Waals surface area contributed by atoms with Crippen LogP contribution in [0.15, 0.2) is 42.5 Å². The summed E-state index contributed by atoms with van der Waals surface area (Å²) in [4.78, 5) is 24.9. The second kappa shape index (κ2) is 13.7. The van der Waals surface area contributed by atoms with Crippen LogP contribution in [0.25, 0.3) is 11.1 Å². The molecule has 0 radical (unpaired) electrons. The Hall–Kier alpha value is -2.31. The number of rotatable bonds is 12. The predicted molar refractivity (Wildman–Crippen MR) is 146 cm³/mol. The number of carbonyl (C=O) groups excluding carboxylic acids is 1. The summed E-state index contributed by atoms with van der Waals surface area (Å²) in [7, 11) is 0. The molecule has 0 unspecified atom stereocenters. The molecule has 190 valence electrons. The largest absolute Gasteiger partial charge is 0.480 e. The van der Waals surface area contributed by atoms with Crippen molar-refractivity contribution in [2.75, 3.05) is 12.0 Å². The first-order valence-electron chi connectivity index (χ1n) is 12.8. The standard InChI is InChI=1S/C29H40N2O3S/c1-20-9-7-8-12-24(20)26-18-23(19-30-21(2)17-22-10-5-4-6-11-22)13-14-25(26)28(32)31-27(29(33)34)15-16-35-3/h7-9,12-14,18,21-22,27,30H,4-6,10-11,15-17,19H2,1-3H3,(H,31,32)(H,33,34)/t21-,27+/m1/s1. The first-order valence-corrected chi connectivity index (χ1v) is 14.2. The highest BCUT2D eigenvalue weighted by Gasteiger charge is 2.23. The molecule has 2 aromatic rings. The number of aryl methyl sites for hydroxylation is 1. The molecule has 3 rings (SSSR count). The van der Waals surface area contributed by atoms with Crippen LogP contribution in [0.1, 0.15) is 73.4 Å². The number of carbonyl (C=O) groups is 2. The van der Waals surface area contributed by atoms with E-state index in [2.05, 4.69) is 23.6 Å². The Bertz CT molecular complexity index is 988. The average Bonchev–Trinajstić information content (AvgIpc) is 2.85. The minimum absolute atomic E-state index is 0.345. The Labute approximate surface area is 214 Å². The highest BCUT2D eigenvalue weighted by Crippen LogP contribution is 2.29. The molecule has 1 aliphatic rings. The minimum atomic E-state index is -1.00. The SMILES string of the molecule is CSCC[C@H](NC(=O)c1ccc(CN[C@H](C)CC2CCCCC2)cc1-c1ccccc1C)C(=O)O.